The number of carbonyl (C=O) groups excluding carboxylic acids is 2. The lowest BCUT2D eigenvalue weighted by molar-refractivity contribution is -0.140. The van der Waals surface area contributed by atoms with E-state index in [4.69, 9.17) is 11.5 Å². The molecule has 1 aliphatic heterocycles. The van der Waals surface area contributed by atoms with Gasteiger partial charge in [-0.1, -0.05) is 12.8 Å². The van der Waals surface area contributed by atoms with Crippen LogP contribution in [0.5, 0.6) is 0 Å². The van der Waals surface area contributed by atoms with Crippen LogP contribution >= 0.6 is 0 Å². The van der Waals surface area contributed by atoms with Crippen molar-refractivity contribution in [3.63, 3.8) is 0 Å². The Morgan fingerprint density at radius 1 is 1.20 bits per heavy atom. The summed E-state index contributed by atoms with van der Waals surface area (Å²) < 4.78 is 0. The minimum Gasteiger partial charge on any atom is -0.370 e. The van der Waals surface area contributed by atoms with E-state index < -0.39 is 0 Å². The topological polar surface area (TPSA) is 89.4 Å². The van der Waals surface area contributed by atoms with E-state index in [2.05, 4.69) is 0 Å². The smallest absolute Gasteiger partial charge is 0.227 e. The minimum absolute atomic E-state index is 0.0380. The third-order valence-corrected chi connectivity index (χ3v) is 4.97. The first-order valence-corrected chi connectivity index (χ1v) is 7.76. The fourth-order valence-electron chi connectivity index (χ4n) is 3.63. The molecule has 114 valence electrons. The van der Waals surface area contributed by atoms with Crippen LogP contribution < -0.4 is 11.5 Å². The summed E-state index contributed by atoms with van der Waals surface area (Å²) in [7, 11) is 0. The molecule has 2 aliphatic rings. The van der Waals surface area contributed by atoms with Crippen LogP contribution in [0.2, 0.25) is 0 Å². The summed E-state index contributed by atoms with van der Waals surface area (Å²) in [5, 5.41) is 0. The molecule has 0 radical (unpaired) electrons. The molecule has 2 rings (SSSR count). The van der Waals surface area contributed by atoms with Gasteiger partial charge in [0.2, 0.25) is 11.8 Å². The number of primary amides is 1. The molecular formula is C15H27N3O2. The van der Waals surface area contributed by atoms with Gasteiger partial charge in [0.15, 0.2) is 0 Å². The summed E-state index contributed by atoms with van der Waals surface area (Å²) in [5.74, 6) is 0.278. The molecule has 1 aliphatic carbocycles. The molecule has 0 spiro atoms. The van der Waals surface area contributed by atoms with Gasteiger partial charge in [-0.25, -0.2) is 0 Å². The maximum atomic E-state index is 12.7. The summed E-state index contributed by atoms with van der Waals surface area (Å²) in [6.07, 6.45) is 6.26. The molecule has 2 amide bonds. The first-order valence-electron chi connectivity index (χ1n) is 7.76. The van der Waals surface area contributed by atoms with Crippen molar-refractivity contribution >= 4 is 11.8 Å². The van der Waals surface area contributed by atoms with Crippen LogP contribution in [0.4, 0.5) is 0 Å². The van der Waals surface area contributed by atoms with Crippen LogP contribution in [0.25, 0.3) is 0 Å². The highest BCUT2D eigenvalue weighted by atomic mass is 16.2. The lowest BCUT2D eigenvalue weighted by Crippen LogP contribution is -2.54. The first-order chi connectivity index (χ1) is 9.40. The van der Waals surface area contributed by atoms with Crippen molar-refractivity contribution in [2.75, 3.05) is 13.1 Å². The van der Waals surface area contributed by atoms with Gasteiger partial charge in [0.25, 0.3) is 0 Å². The van der Waals surface area contributed by atoms with Crippen LogP contribution in [-0.2, 0) is 9.59 Å². The molecule has 0 aromatic rings. The van der Waals surface area contributed by atoms with E-state index in [1.165, 1.54) is 0 Å². The summed E-state index contributed by atoms with van der Waals surface area (Å²) in [4.78, 5) is 25.5. The van der Waals surface area contributed by atoms with Gasteiger partial charge in [-0.05, 0) is 38.5 Å². The minimum atomic E-state index is -0.362. The number of nitrogens with zero attached hydrogens (tertiary/aromatic N) is 1. The van der Waals surface area contributed by atoms with Crippen LogP contribution in [0, 0.1) is 11.8 Å². The van der Waals surface area contributed by atoms with E-state index in [-0.39, 0.29) is 23.3 Å². The van der Waals surface area contributed by atoms with Gasteiger partial charge in [-0.2, -0.15) is 0 Å². The predicted molar refractivity (Wildman–Crippen MR) is 77.7 cm³/mol. The second-order valence-electron chi connectivity index (χ2n) is 6.74. The zero-order valence-corrected chi connectivity index (χ0v) is 12.4. The predicted octanol–water partition coefficient (Wildman–Crippen LogP) is 1.01. The largest absolute Gasteiger partial charge is 0.370 e. The molecule has 0 aromatic carbocycles. The van der Waals surface area contributed by atoms with E-state index in [0.717, 1.165) is 51.6 Å². The molecule has 2 atom stereocenters. The van der Waals surface area contributed by atoms with Crippen molar-refractivity contribution < 1.29 is 9.59 Å². The average Bonchev–Trinajstić information content (AvgIpc) is 2.37. The summed E-state index contributed by atoms with van der Waals surface area (Å²) in [6, 6.07) is 0. The first kappa shape index (κ1) is 15.3. The molecule has 5 nitrogen and oxygen atoms in total. The second-order valence-corrected chi connectivity index (χ2v) is 6.74. The molecular weight excluding hydrogens is 254 g/mol. The summed E-state index contributed by atoms with van der Waals surface area (Å²) >= 11 is 0. The molecule has 1 saturated carbocycles. The summed E-state index contributed by atoms with van der Waals surface area (Å²) in [6.45, 7) is 3.49. The molecule has 1 saturated heterocycles. The van der Waals surface area contributed by atoms with Crippen molar-refractivity contribution in [2.45, 2.75) is 57.4 Å². The van der Waals surface area contributed by atoms with Crippen molar-refractivity contribution in [3.05, 3.63) is 0 Å². The van der Waals surface area contributed by atoms with Gasteiger partial charge in [-0.3, -0.25) is 9.59 Å². The number of likely N-dealkylation sites (tertiary alicyclic amines) is 1. The molecule has 1 heterocycles. The number of piperidine rings is 1. The number of hydrogen-bond acceptors (Lipinski definition) is 3. The Balaban J connectivity index is 1.89. The lowest BCUT2D eigenvalue weighted by atomic mass is 9.73. The number of hydrogen-bond donors (Lipinski definition) is 2. The fourth-order valence-corrected chi connectivity index (χ4v) is 3.63. The number of carbonyl (C=O) groups is 2. The van der Waals surface area contributed by atoms with Gasteiger partial charge in [0.1, 0.15) is 0 Å². The Labute approximate surface area is 121 Å². The van der Waals surface area contributed by atoms with Gasteiger partial charge in [0.05, 0.1) is 5.92 Å². The van der Waals surface area contributed by atoms with Crippen LogP contribution in [0.15, 0.2) is 0 Å². The highest BCUT2D eigenvalue weighted by Crippen LogP contribution is 2.34. The highest BCUT2D eigenvalue weighted by molar-refractivity contribution is 5.80. The maximum absolute atomic E-state index is 12.7. The van der Waals surface area contributed by atoms with Gasteiger partial charge >= 0.3 is 0 Å². The molecule has 0 bridgehead atoms. The third-order valence-electron chi connectivity index (χ3n) is 4.97. The normalized spacial score (nSPS) is 32.1. The quantitative estimate of drug-likeness (QED) is 0.809. The molecule has 4 N–H and O–H groups in total. The van der Waals surface area contributed by atoms with E-state index in [0.29, 0.717) is 12.3 Å². The standard InChI is InChI=1S/C15H27N3O2/c1-15(17)7-3-2-4-12(15)14(20)18-8-5-11(6-9-18)10-13(16)19/h11-12H,2-10,17H2,1H3,(H2,16,19). The Morgan fingerprint density at radius 3 is 2.40 bits per heavy atom. The number of rotatable bonds is 3. The molecule has 5 heteroatoms. The zero-order valence-electron chi connectivity index (χ0n) is 12.4. The second kappa shape index (κ2) is 6.12. The van der Waals surface area contributed by atoms with Crippen molar-refractivity contribution in [1.29, 1.82) is 0 Å². The number of nitrogens with two attached hydrogens (primary N) is 2. The van der Waals surface area contributed by atoms with Gasteiger partial charge in [-0.15, -0.1) is 0 Å². The molecule has 20 heavy (non-hydrogen) atoms. The highest BCUT2D eigenvalue weighted by Gasteiger charge is 2.40. The molecule has 0 aromatic heterocycles. The van der Waals surface area contributed by atoms with Crippen LogP contribution in [0.1, 0.15) is 51.9 Å². The SMILES string of the molecule is CC1(N)CCCCC1C(=O)N1CCC(CC(N)=O)CC1. The Morgan fingerprint density at radius 2 is 1.85 bits per heavy atom. The Hall–Kier alpha value is -1.10. The van der Waals surface area contributed by atoms with Crippen molar-refractivity contribution in [1.82, 2.24) is 4.90 Å². The lowest BCUT2D eigenvalue weighted by Gasteiger charge is -2.41. The van der Waals surface area contributed by atoms with E-state index in [1.54, 1.807) is 0 Å². The van der Waals surface area contributed by atoms with E-state index >= 15 is 0 Å². The van der Waals surface area contributed by atoms with Crippen molar-refractivity contribution in [3.8, 4) is 0 Å². The van der Waals surface area contributed by atoms with E-state index in [9.17, 15) is 9.59 Å². The summed E-state index contributed by atoms with van der Waals surface area (Å²) in [5.41, 5.74) is 11.2. The Kier molecular flexibility index (Phi) is 4.68. The monoisotopic (exact) mass is 281 g/mol. The fraction of sp³-hybridized carbons (Fsp3) is 0.867. The molecule has 2 fully saturated rings. The third kappa shape index (κ3) is 3.51. The van der Waals surface area contributed by atoms with Crippen LogP contribution in [-0.4, -0.2) is 35.3 Å². The number of amides is 2. The van der Waals surface area contributed by atoms with Crippen molar-refractivity contribution in [2.24, 2.45) is 23.3 Å². The van der Waals surface area contributed by atoms with Gasteiger partial charge < -0.3 is 16.4 Å². The zero-order chi connectivity index (χ0) is 14.8. The maximum Gasteiger partial charge on any atom is 0.227 e. The van der Waals surface area contributed by atoms with Crippen LogP contribution in [0.3, 0.4) is 0 Å². The van der Waals surface area contributed by atoms with Gasteiger partial charge in [0, 0.05) is 25.0 Å². The Bertz CT molecular complexity index is 373. The average molecular weight is 281 g/mol. The molecule has 2 unspecified atom stereocenters. The van der Waals surface area contributed by atoms with E-state index in [1.807, 2.05) is 11.8 Å².